The lowest BCUT2D eigenvalue weighted by atomic mass is 10.1. The second-order valence-electron chi connectivity index (χ2n) is 6.45. The molecule has 0 aliphatic carbocycles. The number of benzene rings is 2. The van der Waals surface area contributed by atoms with Crippen LogP contribution in [0.1, 0.15) is 18.2 Å². The molecule has 0 saturated heterocycles. The molecule has 0 saturated carbocycles. The van der Waals surface area contributed by atoms with E-state index < -0.39 is 4.92 Å². The minimum atomic E-state index is -0.506. The van der Waals surface area contributed by atoms with Gasteiger partial charge in [-0.3, -0.25) is 10.1 Å². The third-order valence-corrected chi connectivity index (χ3v) is 4.47. The molecule has 0 radical (unpaired) electrons. The van der Waals surface area contributed by atoms with E-state index in [-0.39, 0.29) is 22.6 Å². The Kier molecular flexibility index (Phi) is 5.92. The van der Waals surface area contributed by atoms with Gasteiger partial charge in [0.1, 0.15) is 16.7 Å². The summed E-state index contributed by atoms with van der Waals surface area (Å²) in [5.41, 5.74) is 1.96. The summed E-state index contributed by atoms with van der Waals surface area (Å²) in [7, 11) is 3.18. The molecule has 2 aromatic carbocycles. The number of phenols is 1. The smallest absolute Gasteiger partial charge is 0.322 e. The average molecular weight is 398 g/mol. The Labute approximate surface area is 167 Å². The molecule has 29 heavy (non-hydrogen) atoms. The molecule has 0 fully saturated rings. The predicted molar refractivity (Wildman–Crippen MR) is 109 cm³/mol. The minimum Gasteiger partial charge on any atom is -0.508 e. The number of phenolic OH excluding ortho intramolecular Hbond substituents is 1. The molecule has 0 spiro atoms. The third kappa shape index (κ3) is 4.43. The number of ether oxygens (including phenoxy) is 2. The van der Waals surface area contributed by atoms with Crippen molar-refractivity contribution in [3.05, 3.63) is 63.5 Å². The van der Waals surface area contributed by atoms with Gasteiger partial charge >= 0.3 is 5.69 Å². The lowest BCUT2D eigenvalue weighted by molar-refractivity contribution is -0.383. The van der Waals surface area contributed by atoms with E-state index in [1.165, 1.54) is 18.2 Å². The van der Waals surface area contributed by atoms with E-state index in [4.69, 9.17) is 13.9 Å². The Hall–Kier alpha value is -3.68. The topological polar surface area (TPSA) is 107 Å². The highest BCUT2D eigenvalue weighted by molar-refractivity contribution is 5.92. The van der Waals surface area contributed by atoms with Crippen molar-refractivity contribution >= 4 is 22.7 Å². The zero-order chi connectivity index (χ0) is 21.0. The first-order chi connectivity index (χ1) is 13.9. The SMILES string of the molecule is COc1ccc(CCNC(C)=Cc2oc3ccc(O)cc3c2[N+](=O)[O-])cc1OC. The van der Waals surface area contributed by atoms with Crippen LogP contribution in [0.4, 0.5) is 5.69 Å². The van der Waals surface area contributed by atoms with Gasteiger partial charge in [0.15, 0.2) is 11.5 Å². The fourth-order valence-corrected chi connectivity index (χ4v) is 3.07. The highest BCUT2D eigenvalue weighted by Gasteiger charge is 2.23. The second-order valence-corrected chi connectivity index (χ2v) is 6.45. The number of nitrogens with zero attached hydrogens (tertiary/aromatic N) is 1. The van der Waals surface area contributed by atoms with E-state index in [0.29, 0.717) is 23.6 Å². The molecule has 1 aromatic heterocycles. The van der Waals surface area contributed by atoms with Crippen LogP contribution >= 0.6 is 0 Å². The fourth-order valence-electron chi connectivity index (χ4n) is 3.07. The van der Waals surface area contributed by atoms with Crippen molar-refractivity contribution in [3.8, 4) is 17.2 Å². The first-order valence-corrected chi connectivity index (χ1v) is 8.96. The predicted octanol–water partition coefficient (Wildman–Crippen LogP) is 4.26. The van der Waals surface area contributed by atoms with Gasteiger partial charge in [-0.15, -0.1) is 0 Å². The van der Waals surface area contributed by atoms with Crippen LogP contribution < -0.4 is 14.8 Å². The standard InChI is InChI=1S/C21H22N2O6/c1-13(22-9-8-14-4-6-18(27-2)19(11-14)28-3)10-20-21(23(25)26)16-12-15(24)5-7-17(16)29-20/h4-7,10-12,22,24H,8-9H2,1-3H3. The van der Waals surface area contributed by atoms with E-state index in [1.54, 1.807) is 20.3 Å². The van der Waals surface area contributed by atoms with Gasteiger partial charge in [-0.2, -0.15) is 0 Å². The summed E-state index contributed by atoms with van der Waals surface area (Å²) in [6.07, 6.45) is 2.31. The number of aromatic hydroxyl groups is 1. The molecule has 3 aromatic rings. The van der Waals surface area contributed by atoms with Crippen molar-refractivity contribution in [1.29, 1.82) is 0 Å². The Morgan fingerprint density at radius 1 is 1.21 bits per heavy atom. The van der Waals surface area contributed by atoms with Crippen LogP contribution in [-0.4, -0.2) is 30.8 Å². The number of hydrogen-bond acceptors (Lipinski definition) is 7. The van der Waals surface area contributed by atoms with Crippen LogP contribution in [-0.2, 0) is 6.42 Å². The molecule has 152 valence electrons. The highest BCUT2D eigenvalue weighted by atomic mass is 16.6. The number of methoxy groups -OCH3 is 2. The highest BCUT2D eigenvalue weighted by Crippen LogP contribution is 2.36. The van der Waals surface area contributed by atoms with Gasteiger partial charge < -0.3 is 24.3 Å². The fraction of sp³-hybridized carbons (Fsp3) is 0.238. The second kappa shape index (κ2) is 8.55. The summed E-state index contributed by atoms with van der Waals surface area (Å²) in [6, 6.07) is 9.99. The summed E-state index contributed by atoms with van der Waals surface area (Å²) in [6.45, 7) is 2.43. The van der Waals surface area contributed by atoms with Crippen molar-refractivity contribution in [1.82, 2.24) is 5.32 Å². The van der Waals surface area contributed by atoms with Crippen molar-refractivity contribution in [2.75, 3.05) is 20.8 Å². The summed E-state index contributed by atoms with van der Waals surface area (Å²) in [5.74, 6) is 1.41. The molecule has 0 aliphatic heterocycles. The van der Waals surface area contributed by atoms with Gasteiger partial charge in [0.05, 0.1) is 19.1 Å². The molecule has 2 N–H and O–H groups in total. The summed E-state index contributed by atoms with van der Waals surface area (Å²) < 4.78 is 16.1. The number of nitrogens with one attached hydrogen (secondary N) is 1. The number of furan rings is 1. The van der Waals surface area contributed by atoms with Crippen molar-refractivity contribution in [2.45, 2.75) is 13.3 Å². The molecule has 0 amide bonds. The van der Waals surface area contributed by atoms with Gasteiger partial charge in [0.2, 0.25) is 5.76 Å². The Morgan fingerprint density at radius 3 is 2.66 bits per heavy atom. The summed E-state index contributed by atoms with van der Waals surface area (Å²) in [4.78, 5) is 11.0. The van der Waals surface area contributed by atoms with Crippen molar-refractivity contribution < 1.29 is 23.9 Å². The van der Waals surface area contributed by atoms with E-state index >= 15 is 0 Å². The number of hydrogen-bond donors (Lipinski definition) is 2. The molecule has 0 aliphatic rings. The van der Waals surface area contributed by atoms with Crippen LogP contribution in [0, 0.1) is 10.1 Å². The normalized spacial score (nSPS) is 11.5. The number of nitro groups is 1. The minimum absolute atomic E-state index is 0.0540. The lowest BCUT2D eigenvalue weighted by Gasteiger charge is -2.10. The Bertz CT molecular complexity index is 1070. The molecular weight excluding hydrogens is 376 g/mol. The van der Waals surface area contributed by atoms with Gasteiger partial charge in [0, 0.05) is 18.3 Å². The molecular formula is C21H22N2O6. The lowest BCUT2D eigenvalue weighted by Crippen LogP contribution is -2.14. The van der Waals surface area contributed by atoms with Gasteiger partial charge in [-0.05, 0) is 49.2 Å². The molecule has 0 bridgehead atoms. The van der Waals surface area contributed by atoms with E-state index in [1.807, 2.05) is 25.1 Å². The van der Waals surface area contributed by atoms with Crippen LogP contribution in [0.2, 0.25) is 0 Å². The van der Waals surface area contributed by atoms with Crippen LogP contribution in [0.25, 0.3) is 17.0 Å². The number of rotatable bonds is 8. The quantitative estimate of drug-likeness (QED) is 0.431. The van der Waals surface area contributed by atoms with Gasteiger partial charge in [-0.25, -0.2) is 0 Å². The Morgan fingerprint density at radius 2 is 1.97 bits per heavy atom. The monoisotopic (exact) mass is 398 g/mol. The van der Waals surface area contributed by atoms with Crippen molar-refractivity contribution in [3.63, 3.8) is 0 Å². The summed E-state index contributed by atoms with van der Waals surface area (Å²) in [5, 5.41) is 24.6. The third-order valence-electron chi connectivity index (χ3n) is 4.47. The maximum atomic E-state index is 11.5. The number of allylic oxidation sites excluding steroid dienone is 1. The molecule has 1 heterocycles. The van der Waals surface area contributed by atoms with E-state index in [0.717, 1.165) is 17.7 Å². The molecule has 0 unspecified atom stereocenters. The Balaban J connectivity index is 1.74. The zero-order valence-corrected chi connectivity index (χ0v) is 16.4. The largest absolute Gasteiger partial charge is 0.508 e. The molecule has 3 rings (SSSR count). The molecule has 0 atom stereocenters. The maximum absolute atomic E-state index is 11.5. The zero-order valence-electron chi connectivity index (χ0n) is 16.4. The average Bonchev–Trinajstić information content (AvgIpc) is 3.04. The van der Waals surface area contributed by atoms with E-state index in [2.05, 4.69) is 5.32 Å². The maximum Gasteiger partial charge on any atom is 0.322 e. The van der Waals surface area contributed by atoms with Crippen LogP contribution in [0.3, 0.4) is 0 Å². The summed E-state index contributed by atoms with van der Waals surface area (Å²) >= 11 is 0. The molecule has 8 heteroatoms. The first-order valence-electron chi connectivity index (χ1n) is 8.96. The van der Waals surface area contributed by atoms with Crippen molar-refractivity contribution in [2.24, 2.45) is 0 Å². The van der Waals surface area contributed by atoms with Gasteiger partial charge in [0.25, 0.3) is 0 Å². The van der Waals surface area contributed by atoms with Gasteiger partial charge in [-0.1, -0.05) is 6.07 Å². The van der Waals surface area contributed by atoms with Crippen LogP contribution in [0.15, 0.2) is 46.5 Å². The van der Waals surface area contributed by atoms with Crippen LogP contribution in [0.5, 0.6) is 17.2 Å². The molecule has 8 nitrogen and oxygen atoms in total. The van der Waals surface area contributed by atoms with E-state index in [9.17, 15) is 15.2 Å². The first kappa shape index (κ1) is 20.1. The number of fused-ring (bicyclic) bond motifs is 1.